The molecule has 32 heavy (non-hydrogen) atoms. The molecule has 1 N–H and O–H groups in total. The van der Waals surface area contributed by atoms with E-state index in [0.29, 0.717) is 21.7 Å². The maximum Gasteiger partial charge on any atom is 0.301 e. The molecule has 2 heterocycles. The summed E-state index contributed by atoms with van der Waals surface area (Å²) in [4.78, 5) is 44.5. The molecule has 1 aliphatic heterocycles. The van der Waals surface area contributed by atoms with E-state index >= 15 is 0 Å². The number of ketones is 2. The van der Waals surface area contributed by atoms with E-state index in [-0.39, 0.29) is 22.2 Å². The Kier molecular flexibility index (Phi) is 5.52. The number of nitrogens with zero attached hydrogens (tertiary/aromatic N) is 2. The molecule has 1 saturated heterocycles. The molecule has 1 amide bonds. The van der Waals surface area contributed by atoms with Gasteiger partial charge in [-0.15, -0.1) is 0 Å². The summed E-state index contributed by atoms with van der Waals surface area (Å²) in [5.74, 6) is -1.94. The van der Waals surface area contributed by atoms with Crippen LogP contribution in [0.25, 0.3) is 5.76 Å². The number of aliphatic hydroxyl groups is 1. The van der Waals surface area contributed by atoms with Crippen LogP contribution in [-0.2, 0) is 9.59 Å². The number of hydrogen-bond donors (Lipinski definition) is 1. The first-order valence-corrected chi connectivity index (χ1v) is 10.9. The Labute approximate surface area is 189 Å². The summed E-state index contributed by atoms with van der Waals surface area (Å²) < 4.78 is 0. The molecule has 1 aromatic heterocycles. The van der Waals surface area contributed by atoms with Crippen LogP contribution in [0.5, 0.6) is 0 Å². The van der Waals surface area contributed by atoms with Gasteiger partial charge >= 0.3 is 5.91 Å². The summed E-state index contributed by atoms with van der Waals surface area (Å²) in [6.45, 7) is 6.87. The van der Waals surface area contributed by atoms with Gasteiger partial charge in [0, 0.05) is 12.5 Å². The zero-order valence-electron chi connectivity index (χ0n) is 18.2. The lowest BCUT2D eigenvalue weighted by Crippen LogP contribution is -2.29. The molecule has 1 aliphatic rings. The van der Waals surface area contributed by atoms with Gasteiger partial charge in [-0.1, -0.05) is 59.4 Å². The van der Waals surface area contributed by atoms with Crippen LogP contribution in [0, 0.1) is 20.8 Å². The maximum atomic E-state index is 13.2. The SMILES string of the molecule is CC(=O)c1sc(N2C(=O)C(=O)C(=C(O)c3cc(C)ccc3C)C2c2ccccc2)nc1C. The highest BCUT2D eigenvalue weighted by molar-refractivity contribution is 7.18. The van der Waals surface area contributed by atoms with E-state index in [9.17, 15) is 19.5 Å². The largest absolute Gasteiger partial charge is 0.507 e. The summed E-state index contributed by atoms with van der Waals surface area (Å²) in [5, 5.41) is 11.5. The maximum absolute atomic E-state index is 13.2. The molecule has 3 aromatic rings. The number of aliphatic hydroxyl groups excluding tert-OH is 1. The molecule has 1 unspecified atom stereocenters. The Morgan fingerprint density at radius 2 is 1.75 bits per heavy atom. The molecule has 4 rings (SSSR count). The molecule has 1 fully saturated rings. The number of anilines is 1. The molecule has 0 radical (unpaired) electrons. The zero-order chi connectivity index (χ0) is 23.2. The third-order valence-corrected chi connectivity index (χ3v) is 6.78. The van der Waals surface area contributed by atoms with Crippen LogP contribution in [0.2, 0.25) is 0 Å². The normalized spacial score (nSPS) is 17.8. The van der Waals surface area contributed by atoms with Crippen LogP contribution in [0.15, 0.2) is 54.1 Å². The van der Waals surface area contributed by atoms with Crippen molar-refractivity contribution in [3.63, 3.8) is 0 Å². The number of Topliss-reactive ketones (excluding diaryl/α,β-unsaturated/α-hetero) is 2. The van der Waals surface area contributed by atoms with Crippen molar-refractivity contribution in [1.82, 2.24) is 4.98 Å². The van der Waals surface area contributed by atoms with Crippen molar-refractivity contribution in [3.8, 4) is 0 Å². The van der Waals surface area contributed by atoms with Crippen LogP contribution in [0.4, 0.5) is 5.13 Å². The van der Waals surface area contributed by atoms with Crippen LogP contribution in [0.1, 0.15) is 50.6 Å². The number of amides is 1. The number of hydrogen-bond acceptors (Lipinski definition) is 6. The highest BCUT2D eigenvalue weighted by Crippen LogP contribution is 2.44. The predicted octanol–water partition coefficient (Wildman–Crippen LogP) is 4.90. The molecule has 162 valence electrons. The minimum Gasteiger partial charge on any atom is -0.507 e. The number of carbonyl (C=O) groups excluding carboxylic acids is 3. The lowest BCUT2D eigenvalue weighted by Gasteiger charge is -2.23. The zero-order valence-corrected chi connectivity index (χ0v) is 19.0. The number of benzene rings is 2. The van der Waals surface area contributed by atoms with E-state index in [4.69, 9.17) is 0 Å². The Balaban J connectivity index is 1.97. The summed E-state index contributed by atoms with van der Waals surface area (Å²) in [5.41, 5.74) is 3.38. The van der Waals surface area contributed by atoms with Crippen molar-refractivity contribution < 1.29 is 19.5 Å². The minimum absolute atomic E-state index is 0.00660. The predicted molar refractivity (Wildman–Crippen MR) is 124 cm³/mol. The number of aromatic nitrogens is 1. The van der Waals surface area contributed by atoms with Crippen molar-refractivity contribution in [1.29, 1.82) is 0 Å². The molecule has 0 bridgehead atoms. The standard InChI is InChI=1S/C25H22N2O4S/c1-13-10-11-14(2)18(12-13)21(29)19-20(17-8-6-5-7-9-17)27(24(31)22(19)30)25-26-15(3)23(32-25)16(4)28/h5-12,20,29H,1-4H3. The Morgan fingerprint density at radius 3 is 2.38 bits per heavy atom. The minimum atomic E-state index is -0.860. The molecular weight excluding hydrogens is 424 g/mol. The molecule has 0 spiro atoms. The van der Waals surface area contributed by atoms with Crippen LogP contribution in [0.3, 0.4) is 0 Å². The van der Waals surface area contributed by atoms with E-state index in [2.05, 4.69) is 4.98 Å². The molecule has 1 atom stereocenters. The van der Waals surface area contributed by atoms with Crippen molar-refractivity contribution in [2.45, 2.75) is 33.7 Å². The quantitative estimate of drug-likeness (QED) is 0.267. The molecule has 0 saturated carbocycles. The topological polar surface area (TPSA) is 87.6 Å². The smallest absolute Gasteiger partial charge is 0.301 e. The van der Waals surface area contributed by atoms with E-state index in [1.54, 1.807) is 25.1 Å². The van der Waals surface area contributed by atoms with Crippen LogP contribution in [-0.4, -0.2) is 27.6 Å². The number of carbonyl (C=O) groups is 3. The lowest BCUT2D eigenvalue weighted by atomic mass is 9.93. The van der Waals surface area contributed by atoms with Gasteiger partial charge in [-0.05, 0) is 38.0 Å². The first kappa shape index (κ1) is 21.6. The van der Waals surface area contributed by atoms with Crippen molar-refractivity contribution in [2.75, 3.05) is 4.90 Å². The molecule has 7 heteroatoms. The fraction of sp³-hybridized carbons (Fsp3) is 0.200. The average molecular weight is 447 g/mol. The highest BCUT2D eigenvalue weighted by atomic mass is 32.1. The summed E-state index contributed by atoms with van der Waals surface area (Å²) in [6, 6.07) is 13.8. The number of aryl methyl sites for hydroxylation is 3. The van der Waals surface area contributed by atoms with Gasteiger partial charge in [-0.3, -0.25) is 19.3 Å². The van der Waals surface area contributed by atoms with Gasteiger partial charge < -0.3 is 5.11 Å². The lowest BCUT2D eigenvalue weighted by molar-refractivity contribution is -0.132. The second-order valence-electron chi connectivity index (χ2n) is 7.87. The first-order valence-electron chi connectivity index (χ1n) is 10.1. The Morgan fingerprint density at radius 1 is 1.06 bits per heavy atom. The third kappa shape index (κ3) is 3.54. The fourth-order valence-electron chi connectivity index (χ4n) is 3.93. The molecule has 0 aliphatic carbocycles. The van der Waals surface area contributed by atoms with Gasteiger partial charge in [0.2, 0.25) is 0 Å². The van der Waals surface area contributed by atoms with Gasteiger partial charge in [-0.2, -0.15) is 0 Å². The molecular formula is C25H22N2O4S. The summed E-state index contributed by atoms with van der Waals surface area (Å²) >= 11 is 1.07. The third-order valence-electron chi connectivity index (χ3n) is 5.52. The number of rotatable bonds is 4. The highest BCUT2D eigenvalue weighted by Gasteiger charge is 2.48. The van der Waals surface area contributed by atoms with Crippen LogP contribution < -0.4 is 4.90 Å². The Hall–Kier alpha value is -3.58. The van der Waals surface area contributed by atoms with Crippen molar-refractivity contribution >= 4 is 39.7 Å². The van der Waals surface area contributed by atoms with Crippen molar-refractivity contribution in [3.05, 3.63) is 86.9 Å². The van der Waals surface area contributed by atoms with E-state index in [0.717, 1.165) is 22.5 Å². The second kappa shape index (κ2) is 8.16. The summed E-state index contributed by atoms with van der Waals surface area (Å²) in [7, 11) is 0. The van der Waals surface area contributed by atoms with Gasteiger partial charge in [0.15, 0.2) is 10.9 Å². The Bertz CT molecular complexity index is 1290. The van der Waals surface area contributed by atoms with E-state index in [1.807, 2.05) is 44.2 Å². The van der Waals surface area contributed by atoms with E-state index < -0.39 is 17.7 Å². The van der Waals surface area contributed by atoms with Gasteiger partial charge in [0.1, 0.15) is 5.76 Å². The summed E-state index contributed by atoms with van der Waals surface area (Å²) in [6.07, 6.45) is 0. The van der Waals surface area contributed by atoms with Crippen LogP contribution >= 0.6 is 11.3 Å². The van der Waals surface area contributed by atoms with Gasteiger partial charge in [0.25, 0.3) is 5.78 Å². The van der Waals surface area contributed by atoms with Crippen molar-refractivity contribution in [2.24, 2.45) is 0 Å². The second-order valence-corrected chi connectivity index (χ2v) is 8.84. The fourth-order valence-corrected chi connectivity index (χ4v) is 4.92. The van der Waals surface area contributed by atoms with Gasteiger partial charge in [0.05, 0.1) is 22.2 Å². The molecule has 2 aromatic carbocycles. The monoisotopic (exact) mass is 446 g/mol. The number of thiazole rings is 1. The van der Waals surface area contributed by atoms with Gasteiger partial charge in [-0.25, -0.2) is 4.98 Å². The van der Waals surface area contributed by atoms with E-state index in [1.165, 1.54) is 11.8 Å². The average Bonchev–Trinajstić information content (AvgIpc) is 3.27. The molecule has 6 nitrogen and oxygen atoms in total. The first-order chi connectivity index (χ1) is 15.2.